The number of likely N-dealkylation sites (tertiary alicyclic amines) is 1. The van der Waals surface area contributed by atoms with Crippen LogP contribution < -0.4 is 0 Å². The highest BCUT2D eigenvalue weighted by Gasteiger charge is 2.30. The lowest BCUT2D eigenvalue weighted by atomic mass is 9.86. The number of nitrogens with zero attached hydrogens (tertiary/aromatic N) is 4. The topological polar surface area (TPSA) is 72.1 Å². The maximum absolute atomic E-state index is 12.9. The second-order valence-corrected chi connectivity index (χ2v) is 8.87. The third kappa shape index (κ3) is 4.42. The second kappa shape index (κ2) is 8.38. The van der Waals surface area contributed by atoms with Gasteiger partial charge in [-0.2, -0.15) is 4.98 Å². The van der Waals surface area contributed by atoms with E-state index >= 15 is 0 Å². The van der Waals surface area contributed by atoms with Crippen molar-refractivity contribution in [1.82, 2.24) is 20.0 Å². The van der Waals surface area contributed by atoms with E-state index in [4.69, 9.17) is 4.52 Å². The van der Waals surface area contributed by atoms with Gasteiger partial charge in [0.05, 0.1) is 6.04 Å². The Balaban J connectivity index is 1.39. The molecule has 0 bridgehead atoms. The molecule has 4 rings (SSSR count). The molecule has 6 heteroatoms. The summed E-state index contributed by atoms with van der Waals surface area (Å²) in [6.07, 6.45) is 6.24. The molecule has 0 spiro atoms. The van der Waals surface area contributed by atoms with Crippen LogP contribution in [0.5, 0.6) is 0 Å². The van der Waals surface area contributed by atoms with Gasteiger partial charge in [0.1, 0.15) is 0 Å². The van der Waals surface area contributed by atoms with Crippen molar-refractivity contribution in [3.05, 3.63) is 65.8 Å². The maximum atomic E-state index is 12.9. The Morgan fingerprint density at radius 1 is 1.20 bits per heavy atom. The van der Waals surface area contributed by atoms with Crippen LogP contribution in [0.4, 0.5) is 0 Å². The number of aryl methyl sites for hydroxylation is 1. The SMILES string of the molecule is CC(C)(C)c1ccc(C2CCCN2C(=O)CCc2nc(-c3cccnc3)no2)cc1. The first-order chi connectivity index (χ1) is 14.4. The highest BCUT2D eigenvalue weighted by atomic mass is 16.5. The Kier molecular flexibility index (Phi) is 5.66. The Morgan fingerprint density at radius 2 is 2.00 bits per heavy atom. The molecule has 1 aliphatic heterocycles. The fraction of sp³-hybridized carbons (Fsp3) is 0.417. The quantitative estimate of drug-likeness (QED) is 0.615. The van der Waals surface area contributed by atoms with Gasteiger partial charge in [0.25, 0.3) is 0 Å². The van der Waals surface area contributed by atoms with E-state index in [1.165, 1.54) is 11.1 Å². The van der Waals surface area contributed by atoms with Crippen LogP contribution >= 0.6 is 0 Å². The number of hydrogen-bond acceptors (Lipinski definition) is 5. The highest BCUT2D eigenvalue weighted by molar-refractivity contribution is 5.77. The minimum Gasteiger partial charge on any atom is -0.339 e. The Morgan fingerprint density at radius 3 is 2.70 bits per heavy atom. The Hall–Kier alpha value is -3.02. The van der Waals surface area contributed by atoms with E-state index in [0.717, 1.165) is 24.9 Å². The largest absolute Gasteiger partial charge is 0.339 e. The molecule has 0 saturated carbocycles. The third-order valence-corrected chi connectivity index (χ3v) is 5.68. The maximum Gasteiger partial charge on any atom is 0.227 e. The fourth-order valence-corrected chi connectivity index (χ4v) is 3.94. The molecule has 2 aromatic heterocycles. The van der Waals surface area contributed by atoms with E-state index in [9.17, 15) is 4.79 Å². The van der Waals surface area contributed by atoms with E-state index in [1.807, 2.05) is 17.0 Å². The lowest BCUT2D eigenvalue weighted by Gasteiger charge is -2.26. The van der Waals surface area contributed by atoms with Crippen LogP contribution in [-0.4, -0.2) is 32.5 Å². The van der Waals surface area contributed by atoms with Crippen molar-refractivity contribution < 1.29 is 9.32 Å². The van der Waals surface area contributed by atoms with Gasteiger partial charge in [-0.3, -0.25) is 9.78 Å². The molecule has 1 aliphatic rings. The van der Waals surface area contributed by atoms with Crippen LogP contribution in [0.3, 0.4) is 0 Å². The molecule has 0 radical (unpaired) electrons. The van der Waals surface area contributed by atoms with Crippen molar-refractivity contribution in [2.24, 2.45) is 0 Å². The van der Waals surface area contributed by atoms with Crippen LogP contribution in [0.1, 0.15) is 63.1 Å². The number of rotatable bonds is 5. The molecule has 0 N–H and O–H groups in total. The zero-order chi connectivity index (χ0) is 21.1. The van der Waals surface area contributed by atoms with Crippen molar-refractivity contribution in [2.75, 3.05) is 6.54 Å². The molecule has 1 amide bonds. The van der Waals surface area contributed by atoms with Crippen molar-refractivity contribution in [3.63, 3.8) is 0 Å². The molecule has 3 heterocycles. The molecule has 156 valence electrons. The minimum absolute atomic E-state index is 0.127. The Bertz CT molecular complexity index is 990. The third-order valence-electron chi connectivity index (χ3n) is 5.68. The molecule has 1 aromatic carbocycles. The van der Waals surface area contributed by atoms with Gasteiger partial charge in [-0.25, -0.2) is 0 Å². The normalized spacial score (nSPS) is 16.8. The predicted octanol–water partition coefficient (Wildman–Crippen LogP) is 4.73. The van der Waals surface area contributed by atoms with Gasteiger partial charge in [0.15, 0.2) is 0 Å². The van der Waals surface area contributed by atoms with Gasteiger partial charge in [0.2, 0.25) is 17.6 Å². The number of amides is 1. The van der Waals surface area contributed by atoms with Crippen LogP contribution in [0.15, 0.2) is 53.3 Å². The summed E-state index contributed by atoms with van der Waals surface area (Å²) < 4.78 is 5.33. The summed E-state index contributed by atoms with van der Waals surface area (Å²) in [4.78, 5) is 23.4. The summed E-state index contributed by atoms with van der Waals surface area (Å²) in [7, 11) is 0. The first kappa shape index (κ1) is 20.3. The molecular formula is C24H28N4O2. The molecular weight excluding hydrogens is 376 g/mol. The number of hydrogen-bond donors (Lipinski definition) is 0. The summed E-state index contributed by atoms with van der Waals surface area (Å²) in [6.45, 7) is 7.44. The molecule has 1 unspecified atom stereocenters. The van der Waals surface area contributed by atoms with Gasteiger partial charge in [-0.15, -0.1) is 0 Å². The fourth-order valence-electron chi connectivity index (χ4n) is 3.94. The van der Waals surface area contributed by atoms with E-state index < -0.39 is 0 Å². The van der Waals surface area contributed by atoms with Gasteiger partial charge >= 0.3 is 0 Å². The second-order valence-electron chi connectivity index (χ2n) is 8.87. The number of carbonyl (C=O) groups excluding carboxylic acids is 1. The van der Waals surface area contributed by atoms with Gasteiger partial charge in [0, 0.05) is 37.3 Å². The minimum atomic E-state index is 0.127. The summed E-state index contributed by atoms with van der Waals surface area (Å²) >= 11 is 0. The van der Waals surface area contributed by atoms with E-state index in [-0.39, 0.29) is 17.4 Å². The summed E-state index contributed by atoms with van der Waals surface area (Å²) in [5.41, 5.74) is 3.45. The molecule has 3 aromatic rings. The van der Waals surface area contributed by atoms with Crippen molar-refractivity contribution in [2.45, 2.75) is 57.9 Å². The first-order valence-corrected chi connectivity index (χ1v) is 10.5. The molecule has 0 aliphatic carbocycles. The highest BCUT2D eigenvalue weighted by Crippen LogP contribution is 2.34. The van der Waals surface area contributed by atoms with Crippen molar-refractivity contribution in [1.29, 1.82) is 0 Å². The molecule has 6 nitrogen and oxygen atoms in total. The van der Waals surface area contributed by atoms with E-state index in [2.05, 4.69) is 60.2 Å². The first-order valence-electron chi connectivity index (χ1n) is 10.5. The smallest absolute Gasteiger partial charge is 0.227 e. The zero-order valence-electron chi connectivity index (χ0n) is 17.8. The molecule has 1 saturated heterocycles. The summed E-state index contributed by atoms with van der Waals surface area (Å²) in [6, 6.07) is 12.6. The summed E-state index contributed by atoms with van der Waals surface area (Å²) in [5, 5.41) is 4.00. The zero-order valence-corrected chi connectivity index (χ0v) is 17.8. The van der Waals surface area contributed by atoms with Crippen molar-refractivity contribution in [3.8, 4) is 11.4 Å². The lowest BCUT2D eigenvalue weighted by Crippen LogP contribution is -2.30. The van der Waals surface area contributed by atoms with Crippen LogP contribution in [0.25, 0.3) is 11.4 Å². The average molecular weight is 405 g/mol. The monoisotopic (exact) mass is 404 g/mol. The predicted molar refractivity (Wildman–Crippen MR) is 115 cm³/mol. The van der Waals surface area contributed by atoms with E-state index in [1.54, 1.807) is 12.4 Å². The number of carbonyl (C=O) groups is 1. The number of pyridine rings is 1. The standard InChI is InChI=1S/C24H28N4O2/c1-24(2,3)19-10-8-17(9-11-19)20-7-5-15-28(20)22(29)13-12-21-26-23(27-30-21)18-6-4-14-25-16-18/h4,6,8-11,14,16,20H,5,7,12-13,15H2,1-3H3. The van der Waals surface area contributed by atoms with Gasteiger partial charge in [-0.1, -0.05) is 50.2 Å². The van der Waals surface area contributed by atoms with Gasteiger partial charge in [-0.05, 0) is 41.5 Å². The lowest BCUT2D eigenvalue weighted by molar-refractivity contribution is -0.132. The molecule has 30 heavy (non-hydrogen) atoms. The molecule has 1 atom stereocenters. The Labute approximate surface area is 177 Å². The average Bonchev–Trinajstić information content (AvgIpc) is 3.42. The number of benzene rings is 1. The van der Waals surface area contributed by atoms with Crippen LogP contribution in [0, 0.1) is 0 Å². The molecule has 1 fully saturated rings. The number of aromatic nitrogens is 3. The summed E-state index contributed by atoms with van der Waals surface area (Å²) in [5.74, 6) is 1.12. The van der Waals surface area contributed by atoms with E-state index in [0.29, 0.717) is 24.6 Å². The van der Waals surface area contributed by atoms with Crippen LogP contribution in [-0.2, 0) is 16.6 Å². The van der Waals surface area contributed by atoms with Gasteiger partial charge < -0.3 is 9.42 Å². The van der Waals surface area contributed by atoms with Crippen LogP contribution in [0.2, 0.25) is 0 Å². The van der Waals surface area contributed by atoms with Crippen molar-refractivity contribution >= 4 is 5.91 Å².